The Kier molecular flexibility index (Phi) is 5.22. The SMILES string of the molecule is Fc1ccccc1CN1CCCC(NCC(F)F)C1. The molecule has 1 N–H and O–H groups in total. The molecule has 2 rings (SSSR count). The fraction of sp³-hybridized carbons (Fsp3) is 0.571. The third-order valence-electron chi connectivity index (χ3n) is 3.42. The van der Waals surface area contributed by atoms with Gasteiger partial charge in [0.15, 0.2) is 0 Å². The lowest BCUT2D eigenvalue weighted by molar-refractivity contribution is 0.124. The van der Waals surface area contributed by atoms with Gasteiger partial charge in [0.25, 0.3) is 6.43 Å². The van der Waals surface area contributed by atoms with E-state index in [9.17, 15) is 13.2 Å². The summed E-state index contributed by atoms with van der Waals surface area (Å²) >= 11 is 0. The van der Waals surface area contributed by atoms with Crippen LogP contribution in [0.4, 0.5) is 13.2 Å². The predicted molar refractivity (Wildman–Crippen MR) is 68.7 cm³/mol. The van der Waals surface area contributed by atoms with Crippen molar-refractivity contribution >= 4 is 0 Å². The summed E-state index contributed by atoms with van der Waals surface area (Å²) in [4.78, 5) is 2.12. The third-order valence-corrected chi connectivity index (χ3v) is 3.42. The second-order valence-electron chi connectivity index (χ2n) is 4.97. The van der Waals surface area contributed by atoms with Crippen LogP contribution in [0.15, 0.2) is 24.3 Å². The zero-order valence-corrected chi connectivity index (χ0v) is 10.8. The van der Waals surface area contributed by atoms with Gasteiger partial charge in [-0.2, -0.15) is 0 Å². The molecule has 1 aromatic carbocycles. The van der Waals surface area contributed by atoms with Crippen molar-refractivity contribution in [1.82, 2.24) is 10.2 Å². The quantitative estimate of drug-likeness (QED) is 0.886. The molecule has 1 aliphatic heterocycles. The molecule has 0 aliphatic carbocycles. The van der Waals surface area contributed by atoms with Crippen molar-refractivity contribution in [2.24, 2.45) is 0 Å². The maximum atomic E-state index is 13.6. The maximum Gasteiger partial charge on any atom is 0.250 e. The fourth-order valence-electron chi connectivity index (χ4n) is 2.49. The van der Waals surface area contributed by atoms with Crippen LogP contribution in [0, 0.1) is 5.82 Å². The molecular weight excluding hydrogens is 253 g/mol. The molecule has 1 fully saturated rings. The van der Waals surface area contributed by atoms with Gasteiger partial charge in [0.1, 0.15) is 5.82 Å². The number of piperidine rings is 1. The van der Waals surface area contributed by atoms with Crippen LogP contribution in [0.2, 0.25) is 0 Å². The number of rotatable bonds is 5. The summed E-state index contributed by atoms with van der Waals surface area (Å²) in [7, 11) is 0. The smallest absolute Gasteiger partial charge is 0.250 e. The number of halogens is 3. The van der Waals surface area contributed by atoms with Crippen molar-refractivity contribution in [3.8, 4) is 0 Å². The highest BCUT2D eigenvalue weighted by Crippen LogP contribution is 2.15. The molecule has 0 amide bonds. The number of alkyl halides is 2. The van der Waals surface area contributed by atoms with Crippen LogP contribution in [0.25, 0.3) is 0 Å². The molecule has 1 unspecified atom stereocenters. The summed E-state index contributed by atoms with van der Waals surface area (Å²) in [5, 5.41) is 2.87. The minimum Gasteiger partial charge on any atom is -0.307 e. The van der Waals surface area contributed by atoms with Crippen LogP contribution in [0.1, 0.15) is 18.4 Å². The first-order valence-electron chi connectivity index (χ1n) is 6.62. The van der Waals surface area contributed by atoms with Crippen molar-refractivity contribution in [2.45, 2.75) is 31.9 Å². The minimum absolute atomic E-state index is 0.0783. The van der Waals surface area contributed by atoms with Gasteiger partial charge in [-0.3, -0.25) is 4.90 Å². The lowest BCUT2D eigenvalue weighted by atomic mass is 10.0. The molecule has 0 aromatic heterocycles. The predicted octanol–water partition coefficient (Wildman–Crippen LogP) is 2.64. The molecule has 1 heterocycles. The minimum atomic E-state index is -2.32. The molecule has 106 valence electrons. The molecule has 0 radical (unpaired) electrons. The Bertz CT molecular complexity index is 398. The first-order valence-corrected chi connectivity index (χ1v) is 6.62. The van der Waals surface area contributed by atoms with Crippen molar-refractivity contribution in [2.75, 3.05) is 19.6 Å². The van der Waals surface area contributed by atoms with Gasteiger partial charge in [0.2, 0.25) is 0 Å². The van der Waals surface area contributed by atoms with Gasteiger partial charge in [0, 0.05) is 24.7 Å². The summed E-state index contributed by atoms with van der Waals surface area (Å²) in [5.74, 6) is -0.204. The van der Waals surface area contributed by atoms with Gasteiger partial charge >= 0.3 is 0 Å². The summed E-state index contributed by atoms with van der Waals surface area (Å²) in [6, 6.07) is 6.78. The van der Waals surface area contributed by atoms with Crippen LogP contribution in [0.3, 0.4) is 0 Å². The first-order chi connectivity index (χ1) is 9.15. The molecule has 0 saturated carbocycles. The van der Waals surface area contributed by atoms with E-state index in [2.05, 4.69) is 10.2 Å². The van der Waals surface area contributed by atoms with E-state index in [1.54, 1.807) is 12.1 Å². The van der Waals surface area contributed by atoms with Gasteiger partial charge in [-0.15, -0.1) is 0 Å². The summed E-state index contributed by atoms with van der Waals surface area (Å²) in [6.07, 6.45) is -0.461. The Morgan fingerprint density at radius 3 is 2.84 bits per heavy atom. The normalized spacial score (nSPS) is 20.9. The number of hydrogen-bond acceptors (Lipinski definition) is 2. The zero-order valence-electron chi connectivity index (χ0n) is 10.8. The van der Waals surface area contributed by atoms with Crippen LogP contribution >= 0.6 is 0 Å². The van der Waals surface area contributed by atoms with Gasteiger partial charge in [0.05, 0.1) is 6.54 Å². The molecule has 1 atom stereocenters. The van der Waals surface area contributed by atoms with Gasteiger partial charge < -0.3 is 5.32 Å². The number of nitrogens with one attached hydrogen (secondary N) is 1. The Morgan fingerprint density at radius 2 is 2.11 bits per heavy atom. The monoisotopic (exact) mass is 272 g/mol. The van der Waals surface area contributed by atoms with Crippen molar-refractivity contribution in [3.05, 3.63) is 35.6 Å². The van der Waals surface area contributed by atoms with Crippen LogP contribution in [-0.4, -0.2) is 37.0 Å². The summed E-state index contributed by atoms with van der Waals surface area (Å²) < 4.78 is 37.9. The topological polar surface area (TPSA) is 15.3 Å². The zero-order chi connectivity index (χ0) is 13.7. The van der Waals surface area contributed by atoms with Gasteiger partial charge in [-0.1, -0.05) is 18.2 Å². The molecule has 5 heteroatoms. The average Bonchev–Trinajstić information content (AvgIpc) is 2.40. The van der Waals surface area contributed by atoms with E-state index in [-0.39, 0.29) is 18.4 Å². The molecular formula is C14H19F3N2. The fourth-order valence-corrected chi connectivity index (χ4v) is 2.49. The lowest BCUT2D eigenvalue weighted by Gasteiger charge is -2.33. The first kappa shape index (κ1) is 14.3. The molecule has 2 nitrogen and oxygen atoms in total. The number of likely N-dealkylation sites (tertiary alicyclic amines) is 1. The Labute approximate surface area is 111 Å². The maximum absolute atomic E-state index is 13.6. The highest BCUT2D eigenvalue weighted by Gasteiger charge is 2.21. The van der Waals surface area contributed by atoms with Crippen LogP contribution in [0.5, 0.6) is 0 Å². The van der Waals surface area contributed by atoms with E-state index in [1.165, 1.54) is 6.07 Å². The van der Waals surface area contributed by atoms with E-state index in [1.807, 2.05) is 6.07 Å². The lowest BCUT2D eigenvalue weighted by Crippen LogP contribution is -2.46. The van der Waals surface area contributed by atoms with E-state index < -0.39 is 6.43 Å². The molecule has 1 aliphatic rings. The van der Waals surface area contributed by atoms with E-state index >= 15 is 0 Å². The van der Waals surface area contributed by atoms with E-state index in [0.29, 0.717) is 18.7 Å². The van der Waals surface area contributed by atoms with Crippen molar-refractivity contribution in [3.63, 3.8) is 0 Å². The largest absolute Gasteiger partial charge is 0.307 e. The number of nitrogens with zero attached hydrogens (tertiary/aromatic N) is 1. The average molecular weight is 272 g/mol. The highest BCUT2D eigenvalue weighted by molar-refractivity contribution is 5.17. The number of hydrogen-bond donors (Lipinski definition) is 1. The van der Waals surface area contributed by atoms with Gasteiger partial charge in [-0.05, 0) is 25.5 Å². The highest BCUT2D eigenvalue weighted by atomic mass is 19.3. The van der Waals surface area contributed by atoms with E-state index in [4.69, 9.17) is 0 Å². The van der Waals surface area contributed by atoms with Crippen LogP contribution in [-0.2, 0) is 6.54 Å². The molecule has 1 aromatic rings. The number of benzene rings is 1. The van der Waals surface area contributed by atoms with Gasteiger partial charge in [-0.25, -0.2) is 13.2 Å². The molecule has 0 spiro atoms. The van der Waals surface area contributed by atoms with Crippen molar-refractivity contribution < 1.29 is 13.2 Å². The molecule has 0 bridgehead atoms. The van der Waals surface area contributed by atoms with Crippen molar-refractivity contribution in [1.29, 1.82) is 0 Å². The molecule has 19 heavy (non-hydrogen) atoms. The Morgan fingerprint density at radius 1 is 1.32 bits per heavy atom. The van der Waals surface area contributed by atoms with E-state index in [0.717, 1.165) is 19.4 Å². The summed E-state index contributed by atoms with van der Waals surface area (Å²) in [6.45, 7) is 1.86. The van der Waals surface area contributed by atoms with Crippen LogP contribution < -0.4 is 5.32 Å². The second kappa shape index (κ2) is 6.91. The summed E-state index contributed by atoms with van der Waals surface area (Å²) in [5.41, 5.74) is 0.664. The standard InChI is InChI=1S/C14H19F3N2/c15-13-6-2-1-4-11(13)9-19-7-3-5-12(10-19)18-8-14(16)17/h1-2,4,6,12,14,18H,3,5,7-10H2. The second-order valence-corrected chi connectivity index (χ2v) is 4.97. The third kappa shape index (κ3) is 4.51. The molecule has 1 saturated heterocycles. The Hall–Kier alpha value is -1.07. The Balaban J connectivity index is 1.86.